The standard InChI is InChI=1S/C20H12F4O4S/c21-15-16(22)18(24)20(19(26)17(15)23)28-14(25)10-27-11-6-8-13(9-7-11)29-12-4-2-1-3-5-12/h1-9,26H,10H2. The van der Waals surface area contributed by atoms with Crippen molar-refractivity contribution in [2.75, 3.05) is 6.61 Å². The van der Waals surface area contributed by atoms with E-state index in [2.05, 4.69) is 4.74 Å². The summed E-state index contributed by atoms with van der Waals surface area (Å²) in [7, 11) is 0. The second kappa shape index (κ2) is 8.87. The van der Waals surface area contributed by atoms with Gasteiger partial charge >= 0.3 is 5.97 Å². The number of carbonyl (C=O) groups is 1. The second-order valence-corrected chi connectivity index (χ2v) is 6.73. The molecule has 0 spiro atoms. The maximum absolute atomic E-state index is 13.6. The third-order valence-corrected chi connectivity index (χ3v) is 4.59. The lowest BCUT2D eigenvalue weighted by atomic mass is 10.2. The fraction of sp³-hybridized carbons (Fsp3) is 0.0500. The number of halogens is 4. The van der Waals surface area contributed by atoms with E-state index in [1.165, 1.54) is 11.8 Å². The summed E-state index contributed by atoms with van der Waals surface area (Å²) in [6.45, 7) is -0.745. The maximum atomic E-state index is 13.6. The summed E-state index contributed by atoms with van der Waals surface area (Å²) in [4.78, 5) is 13.7. The molecule has 0 aliphatic carbocycles. The van der Waals surface area contributed by atoms with E-state index in [1.807, 2.05) is 30.3 Å². The van der Waals surface area contributed by atoms with Crippen LogP contribution in [0.4, 0.5) is 17.6 Å². The molecular formula is C20H12F4O4S. The third-order valence-electron chi connectivity index (χ3n) is 3.58. The Bertz CT molecular complexity index is 998. The summed E-state index contributed by atoms with van der Waals surface area (Å²) in [6.07, 6.45) is 0. The lowest BCUT2D eigenvalue weighted by Crippen LogP contribution is -2.19. The fourth-order valence-corrected chi connectivity index (χ4v) is 3.04. The topological polar surface area (TPSA) is 55.8 Å². The van der Waals surface area contributed by atoms with Gasteiger partial charge in [-0.25, -0.2) is 13.6 Å². The van der Waals surface area contributed by atoms with Crippen LogP contribution in [0.15, 0.2) is 64.4 Å². The van der Waals surface area contributed by atoms with Crippen molar-refractivity contribution in [3.05, 3.63) is 77.9 Å². The normalized spacial score (nSPS) is 10.6. The fourth-order valence-electron chi connectivity index (χ4n) is 2.21. The minimum atomic E-state index is -2.22. The van der Waals surface area contributed by atoms with Crippen LogP contribution < -0.4 is 9.47 Å². The predicted octanol–water partition coefficient (Wildman–Crippen LogP) is 5.08. The Hall–Kier alpha value is -3.20. The van der Waals surface area contributed by atoms with Gasteiger partial charge in [-0.15, -0.1) is 0 Å². The Labute approximate surface area is 166 Å². The second-order valence-electron chi connectivity index (χ2n) is 5.58. The summed E-state index contributed by atoms with van der Waals surface area (Å²) < 4.78 is 62.6. The van der Waals surface area contributed by atoms with Crippen LogP contribution in [0.3, 0.4) is 0 Å². The summed E-state index contributed by atoms with van der Waals surface area (Å²) in [5, 5.41) is 9.33. The molecule has 0 aliphatic rings. The molecule has 0 saturated heterocycles. The van der Waals surface area contributed by atoms with Gasteiger partial charge in [-0.1, -0.05) is 30.0 Å². The number of hydrogen-bond donors (Lipinski definition) is 1. The number of rotatable bonds is 6. The third kappa shape index (κ3) is 4.80. The summed E-state index contributed by atoms with van der Waals surface area (Å²) in [6, 6.07) is 16.3. The first-order valence-electron chi connectivity index (χ1n) is 8.08. The highest BCUT2D eigenvalue weighted by Crippen LogP contribution is 2.36. The molecule has 4 nitrogen and oxygen atoms in total. The van der Waals surface area contributed by atoms with E-state index in [0.29, 0.717) is 0 Å². The molecule has 0 aliphatic heterocycles. The molecule has 0 heterocycles. The van der Waals surface area contributed by atoms with Gasteiger partial charge < -0.3 is 14.6 Å². The zero-order valence-corrected chi connectivity index (χ0v) is 15.3. The van der Waals surface area contributed by atoms with E-state index in [4.69, 9.17) is 4.74 Å². The first kappa shape index (κ1) is 20.5. The molecule has 0 saturated carbocycles. The summed E-state index contributed by atoms with van der Waals surface area (Å²) in [5.74, 6) is -12.6. The van der Waals surface area contributed by atoms with Crippen molar-refractivity contribution in [2.24, 2.45) is 0 Å². The van der Waals surface area contributed by atoms with Gasteiger partial charge in [-0.05, 0) is 36.4 Å². The minimum absolute atomic E-state index is 0.278. The molecule has 1 N–H and O–H groups in total. The van der Waals surface area contributed by atoms with E-state index >= 15 is 0 Å². The number of carbonyl (C=O) groups excluding carboxylic acids is 1. The van der Waals surface area contributed by atoms with Gasteiger partial charge in [-0.3, -0.25) is 0 Å². The van der Waals surface area contributed by atoms with Crippen LogP contribution in [-0.4, -0.2) is 17.7 Å². The minimum Gasteiger partial charge on any atom is -0.502 e. The van der Waals surface area contributed by atoms with Crippen molar-refractivity contribution >= 4 is 17.7 Å². The number of hydrogen-bond acceptors (Lipinski definition) is 5. The van der Waals surface area contributed by atoms with Crippen molar-refractivity contribution in [2.45, 2.75) is 9.79 Å². The van der Waals surface area contributed by atoms with E-state index in [9.17, 15) is 27.5 Å². The van der Waals surface area contributed by atoms with Crippen LogP contribution in [0.25, 0.3) is 0 Å². The molecule has 3 rings (SSSR count). The van der Waals surface area contributed by atoms with E-state index in [1.54, 1.807) is 24.3 Å². The first-order chi connectivity index (χ1) is 13.9. The molecule has 0 aromatic heterocycles. The highest BCUT2D eigenvalue weighted by molar-refractivity contribution is 7.99. The van der Waals surface area contributed by atoms with Crippen LogP contribution in [0.2, 0.25) is 0 Å². The molecule has 0 fully saturated rings. The molecule has 150 valence electrons. The molecule has 9 heteroatoms. The number of aromatic hydroxyl groups is 1. The van der Waals surface area contributed by atoms with Gasteiger partial charge in [-0.2, -0.15) is 8.78 Å². The van der Waals surface area contributed by atoms with Crippen LogP contribution in [0, 0.1) is 23.3 Å². The Kier molecular flexibility index (Phi) is 6.28. The lowest BCUT2D eigenvalue weighted by Gasteiger charge is -2.10. The van der Waals surface area contributed by atoms with Gasteiger partial charge in [0.15, 0.2) is 6.61 Å². The number of ether oxygens (including phenoxy) is 2. The zero-order chi connectivity index (χ0) is 21.0. The number of esters is 1. The van der Waals surface area contributed by atoms with Crippen molar-refractivity contribution in [3.8, 4) is 17.2 Å². The molecule has 3 aromatic rings. The Morgan fingerprint density at radius 1 is 0.828 bits per heavy atom. The number of phenols is 1. The summed E-state index contributed by atoms with van der Waals surface area (Å²) >= 11 is 1.51. The van der Waals surface area contributed by atoms with Gasteiger partial charge in [0.05, 0.1) is 0 Å². The molecule has 29 heavy (non-hydrogen) atoms. The van der Waals surface area contributed by atoms with Gasteiger partial charge in [0.2, 0.25) is 34.8 Å². The van der Waals surface area contributed by atoms with Crippen molar-refractivity contribution in [1.82, 2.24) is 0 Å². The molecule has 0 radical (unpaired) electrons. The van der Waals surface area contributed by atoms with Crippen LogP contribution in [0.5, 0.6) is 17.2 Å². The largest absolute Gasteiger partial charge is 0.502 e. The molecule has 0 bridgehead atoms. The molecule has 0 unspecified atom stereocenters. The Morgan fingerprint density at radius 3 is 2.07 bits per heavy atom. The van der Waals surface area contributed by atoms with Crippen LogP contribution >= 0.6 is 11.8 Å². The van der Waals surface area contributed by atoms with E-state index < -0.39 is 47.3 Å². The van der Waals surface area contributed by atoms with Gasteiger partial charge in [0, 0.05) is 9.79 Å². The van der Waals surface area contributed by atoms with Crippen molar-refractivity contribution in [3.63, 3.8) is 0 Å². The highest BCUT2D eigenvalue weighted by atomic mass is 32.2. The van der Waals surface area contributed by atoms with Crippen molar-refractivity contribution in [1.29, 1.82) is 0 Å². The van der Waals surface area contributed by atoms with Gasteiger partial charge in [0.25, 0.3) is 0 Å². The van der Waals surface area contributed by atoms with Gasteiger partial charge in [0.1, 0.15) is 5.75 Å². The molecule has 3 aromatic carbocycles. The monoisotopic (exact) mass is 424 g/mol. The summed E-state index contributed by atoms with van der Waals surface area (Å²) in [5.41, 5.74) is 0. The number of benzene rings is 3. The Balaban J connectivity index is 1.60. The molecular weight excluding hydrogens is 412 g/mol. The molecule has 0 atom stereocenters. The van der Waals surface area contributed by atoms with E-state index in [-0.39, 0.29) is 5.75 Å². The quantitative estimate of drug-likeness (QED) is 0.197. The lowest BCUT2D eigenvalue weighted by molar-refractivity contribution is -0.137. The number of phenolic OH excluding ortho intramolecular Hbond substituents is 1. The van der Waals surface area contributed by atoms with Crippen LogP contribution in [-0.2, 0) is 4.79 Å². The first-order valence-corrected chi connectivity index (χ1v) is 8.90. The zero-order valence-electron chi connectivity index (χ0n) is 14.5. The predicted molar refractivity (Wildman–Crippen MR) is 96.1 cm³/mol. The molecule has 0 amide bonds. The Morgan fingerprint density at radius 2 is 1.41 bits per heavy atom. The average Bonchev–Trinajstić information content (AvgIpc) is 2.74. The smallest absolute Gasteiger partial charge is 0.349 e. The van der Waals surface area contributed by atoms with Crippen LogP contribution in [0.1, 0.15) is 0 Å². The van der Waals surface area contributed by atoms with Crippen molar-refractivity contribution < 1.29 is 36.9 Å². The maximum Gasteiger partial charge on any atom is 0.349 e. The SMILES string of the molecule is O=C(COc1ccc(Sc2ccccc2)cc1)Oc1c(O)c(F)c(F)c(F)c1F. The highest BCUT2D eigenvalue weighted by Gasteiger charge is 2.28. The average molecular weight is 424 g/mol. The van der Waals surface area contributed by atoms with E-state index in [0.717, 1.165) is 9.79 Å².